The monoisotopic (exact) mass is 346 g/mol. The predicted molar refractivity (Wildman–Crippen MR) is 90.8 cm³/mol. The fourth-order valence-corrected chi connectivity index (χ4v) is 3.71. The molecular weight excluding hydrogens is 324 g/mol. The van der Waals surface area contributed by atoms with Crippen molar-refractivity contribution in [1.82, 2.24) is 4.90 Å². The first-order chi connectivity index (χ1) is 10.3. The Labute approximate surface area is 137 Å². The van der Waals surface area contributed by atoms with E-state index < -0.39 is 16.1 Å². The number of halogens is 1. The lowest BCUT2D eigenvalue weighted by Gasteiger charge is -2.33. The van der Waals surface area contributed by atoms with Crippen LogP contribution >= 0.6 is 11.6 Å². The Hall–Kier alpha value is -1.27. The van der Waals surface area contributed by atoms with Crippen LogP contribution in [0.15, 0.2) is 24.3 Å². The van der Waals surface area contributed by atoms with Gasteiger partial charge in [-0.2, -0.15) is 0 Å². The molecule has 1 aromatic carbocycles. The molecule has 1 aromatic rings. The number of amides is 1. The zero-order chi connectivity index (χ0) is 16.9. The summed E-state index contributed by atoms with van der Waals surface area (Å²) in [7, 11) is -3.59. The van der Waals surface area contributed by atoms with Crippen molar-refractivity contribution >= 4 is 33.2 Å². The molecule has 22 heavy (non-hydrogen) atoms. The molecule has 0 aromatic heterocycles. The number of hydrogen-bond acceptors (Lipinski definition) is 3. The van der Waals surface area contributed by atoms with Crippen LogP contribution in [0.25, 0.3) is 0 Å². The number of likely N-dealkylation sites (N-methyl/N-ethyl adjacent to an activating group) is 1. The van der Waals surface area contributed by atoms with Gasteiger partial charge in [0.15, 0.2) is 0 Å². The van der Waals surface area contributed by atoms with Gasteiger partial charge in [-0.25, -0.2) is 8.42 Å². The third kappa shape index (κ3) is 4.36. The summed E-state index contributed by atoms with van der Waals surface area (Å²) in [5.41, 5.74) is 0.444. The third-order valence-electron chi connectivity index (χ3n) is 3.47. The van der Waals surface area contributed by atoms with E-state index in [-0.39, 0.29) is 5.91 Å². The van der Waals surface area contributed by atoms with Crippen molar-refractivity contribution < 1.29 is 13.2 Å². The summed E-state index contributed by atoms with van der Waals surface area (Å²) in [6, 6.07) is 5.70. The van der Waals surface area contributed by atoms with E-state index in [9.17, 15) is 13.2 Å². The summed E-state index contributed by atoms with van der Waals surface area (Å²) in [4.78, 5) is 14.3. The lowest BCUT2D eigenvalue weighted by molar-refractivity contribution is -0.132. The van der Waals surface area contributed by atoms with Crippen molar-refractivity contribution in [3.05, 3.63) is 29.3 Å². The van der Waals surface area contributed by atoms with Crippen LogP contribution in [0.5, 0.6) is 0 Å². The second kappa shape index (κ2) is 7.83. The molecule has 5 nitrogen and oxygen atoms in total. The summed E-state index contributed by atoms with van der Waals surface area (Å²) in [6.07, 6.45) is 1.50. The fraction of sp³-hybridized carbons (Fsp3) is 0.533. The van der Waals surface area contributed by atoms with Gasteiger partial charge in [0, 0.05) is 18.1 Å². The van der Waals surface area contributed by atoms with E-state index in [1.54, 1.807) is 36.1 Å². The molecule has 0 N–H and O–H groups in total. The largest absolute Gasteiger partial charge is 0.341 e. The number of benzene rings is 1. The van der Waals surface area contributed by atoms with E-state index in [4.69, 9.17) is 11.6 Å². The maximum Gasteiger partial charge on any atom is 0.246 e. The van der Waals surface area contributed by atoms with E-state index in [0.717, 1.165) is 6.26 Å². The lowest BCUT2D eigenvalue weighted by atomic mass is 10.1. The zero-order valence-electron chi connectivity index (χ0n) is 13.4. The first kappa shape index (κ1) is 18.8. The van der Waals surface area contributed by atoms with Crippen LogP contribution in [-0.4, -0.2) is 44.6 Å². The van der Waals surface area contributed by atoms with E-state index in [1.165, 1.54) is 4.31 Å². The Balaban J connectivity index is 3.31. The van der Waals surface area contributed by atoms with Crippen molar-refractivity contribution in [3.8, 4) is 0 Å². The van der Waals surface area contributed by atoms with Gasteiger partial charge in [0.1, 0.15) is 6.04 Å². The Morgan fingerprint density at radius 1 is 1.14 bits per heavy atom. The number of nitrogens with zero attached hydrogens (tertiary/aromatic N) is 2. The number of carbonyl (C=O) groups excluding carboxylic acids is 1. The van der Waals surface area contributed by atoms with E-state index in [0.29, 0.717) is 30.2 Å². The maximum atomic E-state index is 12.7. The molecule has 1 amide bonds. The maximum absolute atomic E-state index is 12.7. The standard InChI is InChI=1S/C15H23ClN2O3S/c1-5-14(15(19)17(6-2)7-3)18(22(4,20)21)13-10-8-12(16)9-11-13/h8-11,14H,5-7H2,1-4H3/t14-/m1/s1. The number of rotatable bonds is 7. The van der Waals surface area contributed by atoms with Crippen LogP contribution in [-0.2, 0) is 14.8 Å². The van der Waals surface area contributed by atoms with E-state index in [2.05, 4.69) is 0 Å². The van der Waals surface area contributed by atoms with Gasteiger partial charge in [0.2, 0.25) is 15.9 Å². The van der Waals surface area contributed by atoms with Crippen molar-refractivity contribution in [2.45, 2.75) is 33.2 Å². The number of sulfonamides is 1. The van der Waals surface area contributed by atoms with Crippen LogP contribution < -0.4 is 4.31 Å². The third-order valence-corrected chi connectivity index (χ3v) is 4.90. The second-order valence-electron chi connectivity index (χ2n) is 4.97. The highest BCUT2D eigenvalue weighted by Gasteiger charge is 2.33. The highest BCUT2D eigenvalue weighted by atomic mass is 35.5. The molecule has 0 spiro atoms. The first-order valence-electron chi connectivity index (χ1n) is 7.29. The minimum Gasteiger partial charge on any atom is -0.341 e. The molecule has 7 heteroatoms. The highest BCUT2D eigenvalue weighted by Crippen LogP contribution is 2.25. The van der Waals surface area contributed by atoms with Crippen molar-refractivity contribution in [1.29, 1.82) is 0 Å². The molecule has 0 fully saturated rings. The molecule has 1 rings (SSSR count). The average molecular weight is 347 g/mol. The molecule has 124 valence electrons. The van der Waals surface area contributed by atoms with Crippen LogP contribution in [0.4, 0.5) is 5.69 Å². The van der Waals surface area contributed by atoms with Gasteiger partial charge in [-0.05, 0) is 44.5 Å². The molecule has 0 saturated heterocycles. The number of carbonyl (C=O) groups is 1. The smallest absolute Gasteiger partial charge is 0.246 e. The van der Waals surface area contributed by atoms with Crippen LogP contribution in [0.2, 0.25) is 5.02 Å². The highest BCUT2D eigenvalue weighted by molar-refractivity contribution is 7.92. The molecule has 0 aliphatic rings. The van der Waals surface area contributed by atoms with Gasteiger partial charge in [0.25, 0.3) is 0 Å². The molecular formula is C15H23ClN2O3S. The lowest BCUT2D eigenvalue weighted by Crippen LogP contribution is -2.50. The number of anilines is 1. The van der Waals surface area contributed by atoms with Crippen LogP contribution in [0.1, 0.15) is 27.2 Å². The molecule has 0 saturated carbocycles. The second-order valence-corrected chi connectivity index (χ2v) is 7.27. The zero-order valence-corrected chi connectivity index (χ0v) is 15.0. The molecule has 1 atom stereocenters. The Morgan fingerprint density at radius 3 is 2.00 bits per heavy atom. The van der Waals surface area contributed by atoms with Gasteiger partial charge < -0.3 is 4.90 Å². The van der Waals surface area contributed by atoms with E-state index in [1.807, 2.05) is 13.8 Å². The number of hydrogen-bond donors (Lipinski definition) is 0. The van der Waals surface area contributed by atoms with Gasteiger partial charge >= 0.3 is 0 Å². The SMILES string of the molecule is CC[C@H](C(=O)N(CC)CC)N(c1ccc(Cl)cc1)S(C)(=O)=O. The molecule has 0 bridgehead atoms. The van der Waals surface area contributed by atoms with Crippen molar-refractivity contribution in [2.75, 3.05) is 23.7 Å². The molecule has 0 unspecified atom stereocenters. The summed E-state index contributed by atoms with van der Waals surface area (Å²) in [5, 5.41) is 0.514. The predicted octanol–water partition coefficient (Wildman–Crippen LogP) is 2.75. The van der Waals surface area contributed by atoms with Gasteiger partial charge in [-0.3, -0.25) is 9.10 Å². The van der Waals surface area contributed by atoms with E-state index >= 15 is 0 Å². The van der Waals surface area contributed by atoms with Gasteiger partial charge in [-0.15, -0.1) is 0 Å². The molecule has 0 aliphatic heterocycles. The van der Waals surface area contributed by atoms with Crippen molar-refractivity contribution in [2.24, 2.45) is 0 Å². The van der Waals surface area contributed by atoms with Crippen LogP contribution in [0.3, 0.4) is 0 Å². The molecule has 0 aliphatic carbocycles. The Kier molecular flexibility index (Phi) is 6.68. The molecule has 0 radical (unpaired) electrons. The summed E-state index contributed by atoms with van der Waals surface area (Å²) in [6.45, 7) is 6.65. The Morgan fingerprint density at radius 2 is 1.64 bits per heavy atom. The summed E-state index contributed by atoms with van der Waals surface area (Å²) < 4.78 is 25.7. The van der Waals surface area contributed by atoms with Crippen LogP contribution in [0, 0.1) is 0 Å². The average Bonchev–Trinajstić information content (AvgIpc) is 2.45. The quantitative estimate of drug-likeness (QED) is 0.762. The molecule has 0 heterocycles. The minimum absolute atomic E-state index is 0.187. The first-order valence-corrected chi connectivity index (χ1v) is 9.52. The van der Waals surface area contributed by atoms with Crippen molar-refractivity contribution in [3.63, 3.8) is 0 Å². The topological polar surface area (TPSA) is 57.7 Å². The van der Waals surface area contributed by atoms with Gasteiger partial charge in [0.05, 0.1) is 11.9 Å². The Bertz CT molecular complexity index is 598. The summed E-state index contributed by atoms with van der Waals surface area (Å²) in [5.74, 6) is -0.187. The minimum atomic E-state index is -3.59. The van der Waals surface area contributed by atoms with Gasteiger partial charge in [-0.1, -0.05) is 18.5 Å². The summed E-state index contributed by atoms with van der Waals surface area (Å²) >= 11 is 5.86. The normalized spacial score (nSPS) is 12.8. The fourth-order valence-electron chi connectivity index (χ4n) is 2.38.